The first-order chi connectivity index (χ1) is 5.61. The van der Waals surface area contributed by atoms with Gasteiger partial charge in [0.1, 0.15) is 0 Å². The van der Waals surface area contributed by atoms with Crippen molar-refractivity contribution in [3.63, 3.8) is 0 Å². The first kappa shape index (κ1) is 8.70. The van der Waals surface area contributed by atoms with E-state index in [4.69, 9.17) is 0 Å². The van der Waals surface area contributed by atoms with Crippen LogP contribution in [-0.4, -0.2) is 22.7 Å². The molecule has 0 saturated carbocycles. The van der Waals surface area contributed by atoms with Crippen LogP contribution in [0.1, 0.15) is 26.2 Å². The molecule has 1 saturated heterocycles. The van der Waals surface area contributed by atoms with E-state index in [-0.39, 0.29) is 11.8 Å². The van der Waals surface area contributed by atoms with Crippen molar-refractivity contribution in [3.8, 4) is 0 Å². The highest BCUT2D eigenvalue weighted by molar-refractivity contribution is 5.98. The quantitative estimate of drug-likeness (QED) is 0.543. The summed E-state index contributed by atoms with van der Waals surface area (Å²) in [6, 6.07) is 0. The van der Waals surface area contributed by atoms with E-state index in [2.05, 4.69) is 5.43 Å². The Morgan fingerprint density at radius 2 is 1.83 bits per heavy atom. The van der Waals surface area contributed by atoms with Crippen LogP contribution in [0, 0.1) is 0 Å². The Bertz CT molecular complexity index is 221. The highest BCUT2D eigenvalue weighted by Gasteiger charge is 2.26. The third kappa shape index (κ3) is 1.81. The van der Waals surface area contributed by atoms with E-state index < -0.39 is 5.91 Å². The lowest BCUT2D eigenvalue weighted by atomic mass is 10.1. The normalized spacial score (nSPS) is 17.9. The number of amides is 3. The van der Waals surface area contributed by atoms with Gasteiger partial charge in [0.05, 0.1) is 0 Å². The van der Waals surface area contributed by atoms with Crippen molar-refractivity contribution in [1.82, 2.24) is 10.4 Å². The highest BCUT2D eigenvalue weighted by Crippen LogP contribution is 2.09. The number of hydrazine groups is 1. The predicted octanol–water partition coefficient (Wildman–Crippen LogP) is -0.423. The van der Waals surface area contributed by atoms with Gasteiger partial charge in [-0.3, -0.25) is 19.8 Å². The molecule has 66 valence electrons. The molecule has 3 amide bonds. The standard InChI is InChI=1S/C7H10N2O3/c1-5(10)8-9-6(11)3-2-4-7(9)12/h2-4H2,1H3,(H,8,10). The van der Waals surface area contributed by atoms with Crippen molar-refractivity contribution in [3.05, 3.63) is 0 Å². The van der Waals surface area contributed by atoms with Gasteiger partial charge >= 0.3 is 0 Å². The average Bonchev–Trinajstić information content (AvgIpc) is 1.97. The molecular weight excluding hydrogens is 160 g/mol. The Labute approximate surface area is 69.7 Å². The van der Waals surface area contributed by atoms with Gasteiger partial charge in [-0.25, -0.2) is 0 Å². The van der Waals surface area contributed by atoms with Crippen LogP contribution in [0.5, 0.6) is 0 Å². The average molecular weight is 170 g/mol. The summed E-state index contributed by atoms with van der Waals surface area (Å²) in [6.45, 7) is 1.26. The minimum absolute atomic E-state index is 0.325. The van der Waals surface area contributed by atoms with Gasteiger partial charge < -0.3 is 0 Å². The zero-order valence-electron chi connectivity index (χ0n) is 6.79. The summed E-state index contributed by atoms with van der Waals surface area (Å²) < 4.78 is 0. The maximum atomic E-state index is 11.0. The maximum absolute atomic E-state index is 11.0. The molecule has 0 aromatic heterocycles. The Kier molecular flexibility index (Phi) is 2.42. The molecule has 1 aliphatic rings. The van der Waals surface area contributed by atoms with Crippen molar-refractivity contribution < 1.29 is 14.4 Å². The smallest absolute Gasteiger partial charge is 0.248 e. The number of rotatable bonds is 1. The predicted molar refractivity (Wildman–Crippen MR) is 39.5 cm³/mol. The summed E-state index contributed by atoms with van der Waals surface area (Å²) >= 11 is 0. The summed E-state index contributed by atoms with van der Waals surface area (Å²) in [5.41, 5.74) is 2.18. The molecular formula is C7H10N2O3. The molecule has 1 heterocycles. The fraction of sp³-hybridized carbons (Fsp3) is 0.571. The van der Waals surface area contributed by atoms with Crippen LogP contribution in [0.2, 0.25) is 0 Å². The van der Waals surface area contributed by atoms with Gasteiger partial charge in [0, 0.05) is 19.8 Å². The lowest BCUT2D eigenvalue weighted by Crippen LogP contribution is -2.50. The fourth-order valence-corrected chi connectivity index (χ4v) is 1.04. The van der Waals surface area contributed by atoms with Gasteiger partial charge in [-0.1, -0.05) is 0 Å². The lowest BCUT2D eigenvalue weighted by Gasteiger charge is -2.23. The molecule has 1 N–H and O–H groups in total. The van der Waals surface area contributed by atoms with Crippen LogP contribution in [0.3, 0.4) is 0 Å². The summed E-state index contributed by atoms with van der Waals surface area (Å²) in [7, 11) is 0. The molecule has 0 aromatic rings. The monoisotopic (exact) mass is 170 g/mol. The molecule has 5 nitrogen and oxygen atoms in total. The molecule has 0 atom stereocenters. The largest absolute Gasteiger partial charge is 0.274 e. The number of carbonyl (C=O) groups is 3. The lowest BCUT2D eigenvalue weighted by molar-refractivity contribution is -0.155. The van der Waals surface area contributed by atoms with Crippen LogP contribution in [0.15, 0.2) is 0 Å². The second-order valence-electron chi connectivity index (χ2n) is 2.64. The first-order valence-corrected chi connectivity index (χ1v) is 3.74. The highest BCUT2D eigenvalue weighted by atomic mass is 16.2. The molecule has 1 aliphatic heterocycles. The molecule has 0 aromatic carbocycles. The molecule has 0 aliphatic carbocycles. The number of nitrogens with zero attached hydrogens (tertiary/aromatic N) is 1. The van der Waals surface area contributed by atoms with Gasteiger partial charge in [-0.15, -0.1) is 0 Å². The molecule has 1 rings (SSSR count). The summed E-state index contributed by atoms with van der Waals surface area (Å²) in [4.78, 5) is 32.6. The van der Waals surface area contributed by atoms with E-state index in [1.165, 1.54) is 6.92 Å². The Hall–Kier alpha value is -1.39. The zero-order chi connectivity index (χ0) is 9.14. The molecule has 0 unspecified atom stereocenters. The van der Waals surface area contributed by atoms with Gasteiger partial charge in [0.2, 0.25) is 17.7 Å². The fourth-order valence-electron chi connectivity index (χ4n) is 1.04. The zero-order valence-corrected chi connectivity index (χ0v) is 6.79. The van der Waals surface area contributed by atoms with Crippen LogP contribution >= 0.6 is 0 Å². The number of carbonyl (C=O) groups excluding carboxylic acids is 3. The Balaban J connectivity index is 2.63. The summed E-state index contributed by atoms with van der Waals surface area (Å²) in [5, 5.41) is 0.797. The minimum Gasteiger partial charge on any atom is -0.274 e. The van der Waals surface area contributed by atoms with E-state index >= 15 is 0 Å². The van der Waals surface area contributed by atoms with Crippen LogP contribution in [-0.2, 0) is 14.4 Å². The van der Waals surface area contributed by atoms with Gasteiger partial charge in [0.15, 0.2) is 0 Å². The van der Waals surface area contributed by atoms with Gasteiger partial charge in [0.25, 0.3) is 0 Å². The summed E-state index contributed by atoms with van der Waals surface area (Å²) in [6.07, 6.45) is 1.23. The van der Waals surface area contributed by atoms with E-state index in [1.807, 2.05) is 0 Å². The number of hydrogen-bond acceptors (Lipinski definition) is 3. The molecule has 5 heteroatoms. The Morgan fingerprint density at radius 3 is 2.25 bits per heavy atom. The van der Waals surface area contributed by atoms with Crippen molar-refractivity contribution in [2.75, 3.05) is 0 Å². The van der Waals surface area contributed by atoms with E-state index in [0.29, 0.717) is 19.3 Å². The van der Waals surface area contributed by atoms with Gasteiger partial charge in [-0.2, -0.15) is 5.01 Å². The second-order valence-corrected chi connectivity index (χ2v) is 2.64. The second kappa shape index (κ2) is 3.34. The minimum atomic E-state index is -0.404. The number of imide groups is 1. The van der Waals surface area contributed by atoms with E-state index in [9.17, 15) is 14.4 Å². The van der Waals surface area contributed by atoms with Crippen LogP contribution in [0.4, 0.5) is 0 Å². The van der Waals surface area contributed by atoms with Crippen molar-refractivity contribution >= 4 is 17.7 Å². The van der Waals surface area contributed by atoms with Crippen molar-refractivity contribution in [1.29, 1.82) is 0 Å². The van der Waals surface area contributed by atoms with E-state index in [0.717, 1.165) is 5.01 Å². The van der Waals surface area contributed by atoms with Crippen molar-refractivity contribution in [2.24, 2.45) is 0 Å². The number of nitrogens with one attached hydrogen (secondary N) is 1. The molecule has 0 spiro atoms. The molecule has 0 radical (unpaired) electrons. The number of piperidine rings is 1. The topological polar surface area (TPSA) is 66.5 Å². The molecule has 12 heavy (non-hydrogen) atoms. The van der Waals surface area contributed by atoms with Crippen LogP contribution in [0.25, 0.3) is 0 Å². The molecule has 1 fully saturated rings. The van der Waals surface area contributed by atoms with Crippen molar-refractivity contribution in [2.45, 2.75) is 26.2 Å². The third-order valence-electron chi connectivity index (χ3n) is 1.55. The first-order valence-electron chi connectivity index (χ1n) is 3.74. The van der Waals surface area contributed by atoms with E-state index in [1.54, 1.807) is 0 Å². The third-order valence-corrected chi connectivity index (χ3v) is 1.55. The molecule has 0 bridgehead atoms. The Morgan fingerprint density at radius 1 is 1.33 bits per heavy atom. The summed E-state index contributed by atoms with van der Waals surface area (Å²) in [5.74, 6) is -1.07. The van der Waals surface area contributed by atoms with Crippen LogP contribution < -0.4 is 5.43 Å². The van der Waals surface area contributed by atoms with Gasteiger partial charge in [-0.05, 0) is 6.42 Å². The number of hydrogen-bond donors (Lipinski definition) is 1. The maximum Gasteiger partial charge on any atom is 0.248 e. The SMILES string of the molecule is CC(=O)NN1C(=O)CCCC1=O.